The summed E-state index contributed by atoms with van der Waals surface area (Å²) in [5.74, 6) is 0.731. The second-order valence-corrected chi connectivity index (χ2v) is 7.18. The van der Waals surface area contributed by atoms with Crippen molar-refractivity contribution in [1.82, 2.24) is 9.80 Å². The highest BCUT2D eigenvalue weighted by Crippen LogP contribution is 2.42. The third-order valence-electron chi connectivity index (χ3n) is 4.50. The summed E-state index contributed by atoms with van der Waals surface area (Å²) in [5, 5.41) is 0. The molecule has 1 atom stereocenters. The number of rotatable bonds is 3. The van der Waals surface area contributed by atoms with E-state index in [9.17, 15) is 9.59 Å². The molecule has 2 heterocycles. The molecule has 0 radical (unpaired) electrons. The molecule has 0 aliphatic carbocycles. The lowest BCUT2D eigenvalue weighted by atomic mass is 9.86. The van der Waals surface area contributed by atoms with Crippen LogP contribution < -0.4 is 4.74 Å². The Morgan fingerprint density at radius 1 is 1.30 bits per heavy atom. The monoisotopic (exact) mass is 316 g/mol. The molecule has 0 N–H and O–H groups in total. The van der Waals surface area contributed by atoms with Gasteiger partial charge in [-0.2, -0.15) is 0 Å². The molecule has 0 saturated carbocycles. The number of carbonyl (C=O) groups excluding carboxylic acids is 2. The minimum Gasteiger partial charge on any atom is -0.480 e. The Hall–Kier alpha value is -1.88. The summed E-state index contributed by atoms with van der Waals surface area (Å²) in [4.78, 5) is 29.0. The second-order valence-electron chi connectivity index (χ2n) is 7.18. The molecule has 2 aliphatic rings. The van der Waals surface area contributed by atoms with E-state index < -0.39 is 11.6 Å². The first kappa shape index (κ1) is 16.0. The normalized spacial score (nSPS) is 23.2. The lowest BCUT2D eigenvalue weighted by molar-refractivity contribution is -0.146. The molecule has 0 bridgehead atoms. The van der Waals surface area contributed by atoms with Gasteiger partial charge in [0.15, 0.2) is 5.60 Å². The van der Waals surface area contributed by atoms with Gasteiger partial charge < -0.3 is 14.5 Å². The van der Waals surface area contributed by atoms with E-state index in [1.807, 2.05) is 32.3 Å². The first-order valence-electron chi connectivity index (χ1n) is 8.10. The smallest absolute Gasteiger partial charge is 0.223 e. The summed E-state index contributed by atoms with van der Waals surface area (Å²) >= 11 is 0. The molecule has 124 valence electrons. The Morgan fingerprint density at radius 3 is 2.65 bits per heavy atom. The summed E-state index contributed by atoms with van der Waals surface area (Å²) in [5.41, 5.74) is 1.02. The number of Topliss-reactive ketones (excluding diaryl/α,β-unsaturated/α-hetero) is 1. The first-order valence-corrected chi connectivity index (χ1v) is 8.10. The van der Waals surface area contributed by atoms with Gasteiger partial charge in [-0.15, -0.1) is 0 Å². The molecule has 1 unspecified atom stereocenters. The van der Waals surface area contributed by atoms with Crippen molar-refractivity contribution in [2.75, 3.05) is 20.6 Å². The Kier molecular flexibility index (Phi) is 3.92. The number of amides is 1. The molecule has 3 rings (SSSR count). The van der Waals surface area contributed by atoms with Crippen molar-refractivity contribution in [3.8, 4) is 5.75 Å². The lowest BCUT2D eigenvalue weighted by Gasteiger charge is -2.40. The van der Waals surface area contributed by atoms with E-state index in [-0.39, 0.29) is 11.7 Å². The number of hydrogen-bond acceptors (Lipinski definition) is 4. The third-order valence-corrected chi connectivity index (χ3v) is 4.50. The maximum Gasteiger partial charge on any atom is 0.223 e. The van der Waals surface area contributed by atoms with E-state index in [0.29, 0.717) is 18.7 Å². The van der Waals surface area contributed by atoms with Gasteiger partial charge in [-0.25, -0.2) is 0 Å². The fourth-order valence-electron chi connectivity index (χ4n) is 3.42. The Balaban J connectivity index is 2.07. The quantitative estimate of drug-likeness (QED) is 0.857. The van der Waals surface area contributed by atoms with Crippen LogP contribution in [0.5, 0.6) is 5.75 Å². The number of likely N-dealkylation sites (tertiary alicyclic amines) is 1. The average molecular weight is 316 g/mol. The predicted octanol–water partition coefficient (Wildman–Crippen LogP) is 2.15. The number of fused-ring (bicyclic) bond motifs is 1. The molecule has 0 spiro atoms. The number of ether oxygens (including phenoxy) is 1. The van der Waals surface area contributed by atoms with Crippen molar-refractivity contribution < 1.29 is 14.3 Å². The van der Waals surface area contributed by atoms with Crippen LogP contribution >= 0.6 is 0 Å². The Bertz CT molecular complexity index is 652. The van der Waals surface area contributed by atoms with E-state index in [2.05, 4.69) is 4.90 Å². The predicted molar refractivity (Wildman–Crippen MR) is 87.2 cm³/mol. The minimum absolute atomic E-state index is 0.0396. The van der Waals surface area contributed by atoms with Gasteiger partial charge in [0, 0.05) is 25.1 Å². The van der Waals surface area contributed by atoms with Crippen LogP contribution in [0.3, 0.4) is 0 Å². The number of nitrogens with zero attached hydrogens (tertiary/aromatic N) is 2. The lowest BCUT2D eigenvalue weighted by Crippen LogP contribution is -2.50. The standard InChI is InChI=1S/C18H24N2O3/c1-18(2)17(22)16(20-9-5-6-15(20)21)13-10-12(11-19(3)4)7-8-14(13)23-18/h7-8,10,16H,5-6,9,11H2,1-4H3. The molecule has 1 saturated heterocycles. The van der Waals surface area contributed by atoms with Crippen molar-refractivity contribution in [3.63, 3.8) is 0 Å². The van der Waals surface area contributed by atoms with Gasteiger partial charge in [-0.05, 0) is 52.1 Å². The number of hydrogen-bond donors (Lipinski definition) is 0. The van der Waals surface area contributed by atoms with Gasteiger partial charge in [-0.1, -0.05) is 6.07 Å². The fraction of sp³-hybridized carbons (Fsp3) is 0.556. The molecular formula is C18H24N2O3. The SMILES string of the molecule is CN(C)Cc1ccc2c(c1)C(N1CCCC1=O)C(=O)C(C)(C)O2. The average Bonchev–Trinajstić information content (AvgIpc) is 2.86. The van der Waals surface area contributed by atoms with Crippen LogP contribution in [0, 0.1) is 0 Å². The van der Waals surface area contributed by atoms with Crippen molar-refractivity contribution in [2.45, 2.75) is 44.9 Å². The van der Waals surface area contributed by atoms with Gasteiger partial charge in [0.2, 0.25) is 11.7 Å². The van der Waals surface area contributed by atoms with Crippen LogP contribution in [-0.2, 0) is 16.1 Å². The Morgan fingerprint density at radius 2 is 2.04 bits per heavy atom. The topological polar surface area (TPSA) is 49.9 Å². The zero-order valence-electron chi connectivity index (χ0n) is 14.3. The van der Waals surface area contributed by atoms with E-state index in [1.165, 1.54) is 0 Å². The first-order chi connectivity index (χ1) is 10.8. The van der Waals surface area contributed by atoms with Crippen molar-refractivity contribution in [2.24, 2.45) is 0 Å². The molecule has 23 heavy (non-hydrogen) atoms. The molecule has 1 amide bonds. The summed E-state index contributed by atoms with van der Waals surface area (Å²) in [6.07, 6.45) is 1.34. The molecule has 5 nitrogen and oxygen atoms in total. The molecule has 1 fully saturated rings. The summed E-state index contributed by atoms with van der Waals surface area (Å²) < 4.78 is 5.92. The van der Waals surface area contributed by atoms with Crippen LogP contribution in [0.4, 0.5) is 0 Å². The molecule has 1 aromatic rings. The number of benzene rings is 1. The van der Waals surface area contributed by atoms with Gasteiger partial charge in [-0.3, -0.25) is 9.59 Å². The number of ketones is 1. The summed E-state index contributed by atoms with van der Waals surface area (Å²) in [7, 11) is 4.01. The maximum absolute atomic E-state index is 12.9. The highest BCUT2D eigenvalue weighted by atomic mass is 16.5. The van der Waals surface area contributed by atoms with Crippen LogP contribution in [-0.4, -0.2) is 47.7 Å². The third kappa shape index (κ3) is 2.85. The highest BCUT2D eigenvalue weighted by molar-refractivity contribution is 5.97. The second kappa shape index (κ2) is 5.64. The molecule has 1 aromatic carbocycles. The summed E-state index contributed by atoms with van der Waals surface area (Å²) in [6.45, 7) is 4.98. The molecule has 0 aromatic heterocycles. The van der Waals surface area contributed by atoms with E-state index in [0.717, 1.165) is 24.1 Å². The largest absolute Gasteiger partial charge is 0.480 e. The maximum atomic E-state index is 12.9. The van der Waals surface area contributed by atoms with Crippen molar-refractivity contribution in [1.29, 1.82) is 0 Å². The van der Waals surface area contributed by atoms with Gasteiger partial charge in [0.05, 0.1) is 0 Å². The van der Waals surface area contributed by atoms with Crippen molar-refractivity contribution >= 4 is 11.7 Å². The van der Waals surface area contributed by atoms with Crippen molar-refractivity contribution in [3.05, 3.63) is 29.3 Å². The molecular weight excluding hydrogens is 292 g/mol. The highest BCUT2D eigenvalue weighted by Gasteiger charge is 2.47. The zero-order chi connectivity index (χ0) is 16.8. The number of carbonyl (C=O) groups is 2. The van der Waals surface area contributed by atoms with Crippen LogP contribution in [0.15, 0.2) is 18.2 Å². The van der Waals surface area contributed by atoms with E-state index in [1.54, 1.807) is 18.7 Å². The minimum atomic E-state index is -0.913. The van der Waals surface area contributed by atoms with Gasteiger partial charge in [0.25, 0.3) is 0 Å². The molecule has 5 heteroatoms. The fourth-order valence-corrected chi connectivity index (χ4v) is 3.42. The van der Waals surface area contributed by atoms with Crippen LogP contribution in [0.25, 0.3) is 0 Å². The van der Waals surface area contributed by atoms with Crippen LogP contribution in [0.2, 0.25) is 0 Å². The van der Waals surface area contributed by atoms with Gasteiger partial charge in [0.1, 0.15) is 11.8 Å². The van der Waals surface area contributed by atoms with Crippen LogP contribution in [0.1, 0.15) is 43.9 Å². The molecule has 2 aliphatic heterocycles. The summed E-state index contributed by atoms with van der Waals surface area (Å²) in [6, 6.07) is 5.44. The Labute approximate surface area is 137 Å². The van der Waals surface area contributed by atoms with E-state index >= 15 is 0 Å². The van der Waals surface area contributed by atoms with E-state index in [4.69, 9.17) is 4.74 Å². The van der Waals surface area contributed by atoms with Gasteiger partial charge >= 0.3 is 0 Å². The zero-order valence-corrected chi connectivity index (χ0v) is 14.3.